The van der Waals surface area contributed by atoms with E-state index in [1.54, 1.807) is 12.1 Å². The number of amides is 3. The minimum absolute atomic E-state index is 0.0719. The van der Waals surface area contributed by atoms with E-state index in [1.807, 2.05) is 13.0 Å². The van der Waals surface area contributed by atoms with Gasteiger partial charge in [0.15, 0.2) is 0 Å². The van der Waals surface area contributed by atoms with E-state index in [0.717, 1.165) is 37.2 Å². The highest BCUT2D eigenvalue weighted by Crippen LogP contribution is 2.21. The summed E-state index contributed by atoms with van der Waals surface area (Å²) in [7, 11) is 0. The number of nitrogens with one attached hydrogen (secondary N) is 3. The molecule has 0 unspecified atom stereocenters. The van der Waals surface area contributed by atoms with E-state index in [-0.39, 0.29) is 11.9 Å². The average Bonchev–Trinajstić information content (AvgIpc) is 3.39. The van der Waals surface area contributed by atoms with Gasteiger partial charge in [0.2, 0.25) is 0 Å². The molecular formula is C21H33N3O2. The van der Waals surface area contributed by atoms with Crippen LogP contribution >= 0.6 is 0 Å². The zero-order chi connectivity index (χ0) is 18.9. The number of unbranched alkanes of at least 4 members (excludes halogenated alkanes) is 3. The van der Waals surface area contributed by atoms with Gasteiger partial charge in [0.1, 0.15) is 0 Å². The van der Waals surface area contributed by atoms with Crippen molar-refractivity contribution >= 4 is 17.6 Å². The number of aryl methyl sites for hydroxylation is 1. The lowest BCUT2D eigenvalue weighted by atomic mass is 10.0. The van der Waals surface area contributed by atoms with Gasteiger partial charge in [0.05, 0.1) is 0 Å². The fourth-order valence-electron chi connectivity index (χ4n) is 2.79. The molecule has 0 heterocycles. The van der Waals surface area contributed by atoms with Crippen molar-refractivity contribution in [2.45, 2.75) is 71.8 Å². The monoisotopic (exact) mass is 359 g/mol. The topological polar surface area (TPSA) is 70.2 Å². The Balaban J connectivity index is 1.71. The smallest absolute Gasteiger partial charge is 0.319 e. The molecule has 0 bridgehead atoms. The van der Waals surface area contributed by atoms with Gasteiger partial charge in [-0.2, -0.15) is 0 Å². The van der Waals surface area contributed by atoms with Gasteiger partial charge in [-0.05, 0) is 49.8 Å². The van der Waals surface area contributed by atoms with Crippen LogP contribution < -0.4 is 16.0 Å². The molecule has 1 fully saturated rings. The molecule has 0 aliphatic heterocycles. The van der Waals surface area contributed by atoms with Crippen LogP contribution in [0.3, 0.4) is 0 Å². The largest absolute Gasteiger partial charge is 0.349 e. The second-order valence-corrected chi connectivity index (χ2v) is 7.76. The Bertz CT molecular complexity index is 609. The Morgan fingerprint density at radius 2 is 1.85 bits per heavy atom. The number of carbonyl (C=O) groups excluding carboxylic acids is 2. The highest BCUT2D eigenvalue weighted by Gasteiger charge is 2.24. The van der Waals surface area contributed by atoms with Crippen LogP contribution in [0, 0.1) is 12.8 Å². The van der Waals surface area contributed by atoms with E-state index in [2.05, 4.69) is 29.8 Å². The number of hydrogen-bond donors (Lipinski definition) is 3. The van der Waals surface area contributed by atoms with Crippen molar-refractivity contribution in [2.24, 2.45) is 5.92 Å². The summed E-state index contributed by atoms with van der Waals surface area (Å²) in [5.74, 6) is 0.696. The minimum atomic E-state index is -0.213. The molecule has 1 aromatic carbocycles. The first kappa shape index (κ1) is 20.3. The lowest BCUT2D eigenvalue weighted by molar-refractivity contribution is 0.0951. The van der Waals surface area contributed by atoms with Crippen LogP contribution in [0.15, 0.2) is 18.2 Å². The van der Waals surface area contributed by atoms with Crippen LogP contribution in [0.1, 0.15) is 74.7 Å². The fraction of sp³-hybridized carbons (Fsp3) is 0.619. The fourth-order valence-corrected chi connectivity index (χ4v) is 2.79. The van der Waals surface area contributed by atoms with Crippen molar-refractivity contribution in [1.82, 2.24) is 10.6 Å². The predicted octanol–water partition coefficient (Wildman–Crippen LogP) is 4.62. The first-order chi connectivity index (χ1) is 12.5. The number of benzene rings is 1. The van der Waals surface area contributed by atoms with E-state index < -0.39 is 0 Å². The van der Waals surface area contributed by atoms with Crippen molar-refractivity contribution in [3.05, 3.63) is 29.3 Å². The molecule has 1 aliphatic rings. The Morgan fingerprint density at radius 3 is 2.54 bits per heavy atom. The molecule has 2 rings (SSSR count). The summed E-state index contributed by atoms with van der Waals surface area (Å²) in [4.78, 5) is 24.2. The molecule has 0 radical (unpaired) electrons. The van der Waals surface area contributed by atoms with Crippen molar-refractivity contribution in [1.29, 1.82) is 0 Å². The molecule has 144 valence electrons. The van der Waals surface area contributed by atoms with Gasteiger partial charge in [-0.3, -0.25) is 4.79 Å². The molecule has 3 amide bonds. The molecule has 1 aromatic rings. The van der Waals surface area contributed by atoms with E-state index in [9.17, 15) is 9.59 Å². The molecule has 0 atom stereocenters. The molecule has 1 saturated carbocycles. The molecule has 5 nitrogen and oxygen atoms in total. The standard InChI is InChI=1S/C21H33N3O2/c1-15(2)8-6-4-5-7-13-22-21(26)24-19-14-17(10-9-16(19)3)20(25)23-18-11-12-18/h9-10,14-15,18H,4-8,11-13H2,1-3H3,(H,23,25)(H2,22,24,26). The second kappa shape index (κ2) is 10.2. The molecule has 0 aromatic heterocycles. The molecule has 0 saturated heterocycles. The maximum absolute atomic E-state index is 12.1. The van der Waals surface area contributed by atoms with Crippen LogP contribution in [0.25, 0.3) is 0 Å². The van der Waals surface area contributed by atoms with Crippen molar-refractivity contribution in [2.75, 3.05) is 11.9 Å². The van der Waals surface area contributed by atoms with Gasteiger partial charge in [-0.1, -0.05) is 45.6 Å². The van der Waals surface area contributed by atoms with Crippen molar-refractivity contribution in [3.63, 3.8) is 0 Å². The van der Waals surface area contributed by atoms with Crippen LogP contribution in [-0.4, -0.2) is 24.5 Å². The van der Waals surface area contributed by atoms with E-state index in [0.29, 0.717) is 23.8 Å². The third-order valence-electron chi connectivity index (χ3n) is 4.65. The first-order valence-electron chi connectivity index (χ1n) is 9.92. The van der Waals surface area contributed by atoms with Gasteiger partial charge in [-0.25, -0.2) is 4.79 Å². The summed E-state index contributed by atoms with van der Waals surface area (Å²) in [5.41, 5.74) is 2.21. The maximum atomic E-state index is 12.1. The third kappa shape index (κ3) is 7.46. The minimum Gasteiger partial charge on any atom is -0.349 e. The highest BCUT2D eigenvalue weighted by atomic mass is 16.2. The number of anilines is 1. The Kier molecular flexibility index (Phi) is 7.95. The van der Waals surface area contributed by atoms with E-state index in [4.69, 9.17) is 0 Å². The lowest BCUT2D eigenvalue weighted by Crippen LogP contribution is -2.30. The van der Waals surface area contributed by atoms with Crippen LogP contribution in [0.4, 0.5) is 10.5 Å². The molecular weight excluding hydrogens is 326 g/mol. The summed E-state index contributed by atoms with van der Waals surface area (Å²) in [6, 6.07) is 5.52. The van der Waals surface area contributed by atoms with Gasteiger partial charge in [-0.15, -0.1) is 0 Å². The van der Waals surface area contributed by atoms with Gasteiger partial charge < -0.3 is 16.0 Å². The Morgan fingerprint density at radius 1 is 1.12 bits per heavy atom. The van der Waals surface area contributed by atoms with Crippen molar-refractivity contribution in [3.8, 4) is 0 Å². The number of rotatable bonds is 10. The summed E-state index contributed by atoms with van der Waals surface area (Å²) < 4.78 is 0. The number of carbonyl (C=O) groups is 2. The molecule has 0 spiro atoms. The highest BCUT2D eigenvalue weighted by molar-refractivity contribution is 5.97. The van der Waals surface area contributed by atoms with E-state index in [1.165, 1.54) is 19.3 Å². The van der Waals surface area contributed by atoms with Crippen LogP contribution in [0.5, 0.6) is 0 Å². The van der Waals surface area contributed by atoms with Crippen LogP contribution in [0.2, 0.25) is 0 Å². The molecule has 3 N–H and O–H groups in total. The second-order valence-electron chi connectivity index (χ2n) is 7.76. The summed E-state index contributed by atoms with van der Waals surface area (Å²) >= 11 is 0. The normalized spacial score (nSPS) is 13.5. The zero-order valence-corrected chi connectivity index (χ0v) is 16.4. The van der Waals surface area contributed by atoms with E-state index >= 15 is 0 Å². The molecule has 26 heavy (non-hydrogen) atoms. The number of urea groups is 1. The average molecular weight is 360 g/mol. The maximum Gasteiger partial charge on any atom is 0.319 e. The first-order valence-corrected chi connectivity index (χ1v) is 9.92. The SMILES string of the molecule is Cc1ccc(C(=O)NC2CC2)cc1NC(=O)NCCCCCCC(C)C. The summed E-state index contributed by atoms with van der Waals surface area (Å²) in [6.07, 6.45) is 8.01. The number of hydrogen-bond acceptors (Lipinski definition) is 2. The summed E-state index contributed by atoms with van der Waals surface area (Å²) in [6.45, 7) is 7.10. The summed E-state index contributed by atoms with van der Waals surface area (Å²) in [5, 5.41) is 8.73. The predicted molar refractivity (Wildman–Crippen MR) is 107 cm³/mol. The Hall–Kier alpha value is -2.04. The van der Waals surface area contributed by atoms with Gasteiger partial charge >= 0.3 is 6.03 Å². The van der Waals surface area contributed by atoms with Crippen molar-refractivity contribution < 1.29 is 9.59 Å². The zero-order valence-electron chi connectivity index (χ0n) is 16.4. The third-order valence-corrected chi connectivity index (χ3v) is 4.65. The quantitative estimate of drug-likeness (QED) is 0.534. The van der Waals surface area contributed by atoms with Crippen LogP contribution in [-0.2, 0) is 0 Å². The lowest BCUT2D eigenvalue weighted by Gasteiger charge is -2.12. The molecule has 1 aliphatic carbocycles. The van der Waals surface area contributed by atoms with Gasteiger partial charge in [0, 0.05) is 23.8 Å². The Labute approximate surface area is 157 Å². The van der Waals surface area contributed by atoms with Gasteiger partial charge in [0.25, 0.3) is 5.91 Å². The molecule has 5 heteroatoms.